The molecule has 4 nitrogen and oxygen atoms in total. The van der Waals surface area contributed by atoms with E-state index in [0.717, 1.165) is 30.9 Å². The Hall–Kier alpha value is -0.710. The Kier molecular flexibility index (Phi) is 6.40. The molecule has 1 heterocycles. The second-order valence-electron chi connectivity index (χ2n) is 6.22. The second-order valence-corrected chi connectivity index (χ2v) is 7.62. The summed E-state index contributed by atoms with van der Waals surface area (Å²) in [6.07, 6.45) is 6.21. The van der Waals surface area contributed by atoms with Gasteiger partial charge in [-0.3, -0.25) is 9.59 Å². The third-order valence-corrected chi connectivity index (χ3v) is 5.56. The van der Waals surface area contributed by atoms with E-state index in [1.54, 1.807) is 0 Å². The average Bonchev–Trinajstić information content (AvgIpc) is 2.59. The molecule has 0 aromatic heterocycles. The lowest BCUT2D eigenvalue weighted by molar-refractivity contribution is -0.136. The van der Waals surface area contributed by atoms with Gasteiger partial charge < -0.3 is 10.2 Å². The van der Waals surface area contributed by atoms with Crippen LogP contribution in [0, 0.1) is 5.92 Å². The van der Waals surface area contributed by atoms with E-state index in [-0.39, 0.29) is 23.9 Å². The molecule has 0 bridgehead atoms. The number of nitrogens with zero attached hydrogens (tertiary/aromatic N) is 1. The van der Waals surface area contributed by atoms with Crippen molar-refractivity contribution in [3.8, 4) is 0 Å². The Balaban J connectivity index is 2.07. The van der Waals surface area contributed by atoms with Gasteiger partial charge in [0.2, 0.25) is 11.8 Å². The number of carbonyl (C=O) groups is 2. The Bertz CT molecular complexity index is 369. The van der Waals surface area contributed by atoms with Gasteiger partial charge in [-0.2, -0.15) is 11.8 Å². The summed E-state index contributed by atoms with van der Waals surface area (Å²) in [5.74, 6) is 2.55. The minimum Gasteiger partial charge on any atom is -0.344 e. The Labute approximate surface area is 132 Å². The number of rotatable bonds is 5. The molecule has 2 rings (SSSR count). The zero-order valence-electron chi connectivity index (χ0n) is 13.3. The summed E-state index contributed by atoms with van der Waals surface area (Å²) in [4.78, 5) is 26.9. The fourth-order valence-corrected chi connectivity index (χ4v) is 4.11. The quantitative estimate of drug-likeness (QED) is 0.793. The predicted octanol–water partition coefficient (Wildman–Crippen LogP) is 2.43. The third-order valence-electron chi connectivity index (χ3n) is 4.68. The number of amides is 2. The van der Waals surface area contributed by atoms with Crippen molar-refractivity contribution in [2.75, 3.05) is 18.1 Å². The molecular weight excluding hydrogens is 284 g/mol. The topological polar surface area (TPSA) is 49.4 Å². The molecule has 120 valence electrons. The molecule has 1 aliphatic carbocycles. The summed E-state index contributed by atoms with van der Waals surface area (Å²) in [5, 5.41) is 3.01. The van der Waals surface area contributed by atoms with E-state index in [1.165, 1.54) is 19.3 Å². The van der Waals surface area contributed by atoms with Crippen molar-refractivity contribution < 1.29 is 9.59 Å². The minimum absolute atomic E-state index is 0.0172. The van der Waals surface area contributed by atoms with Gasteiger partial charge in [0.05, 0.1) is 0 Å². The van der Waals surface area contributed by atoms with Gasteiger partial charge in [0.25, 0.3) is 0 Å². The molecule has 1 saturated heterocycles. The van der Waals surface area contributed by atoms with Gasteiger partial charge in [0.1, 0.15) is 6.04 Å². The molecule has 0 radical (unpaired) electrons. The molecule has 0 aromatic rings. The van der Waals surface area contributed by atoms with Crippen molar-refractivity contribution >= 4 is 23.6 Å². The molecule has 1 aliphatic heterocycles. The van der Waals surface area contributed by atoms with Crippen LogP contribution in [-0.4, -0.2) is 46.8 Å². The molecule has 2 amide bonds. The van der Waals surface area contributed by atoms with Gasteiger partial charge >= 0.3 is 0 Å². The Morgan fingerprint density at radius 2 is 1.95 bits per heavy atom. The van der Waals surface area contributed by atoms with E-state index >= 15 is 0 Å². The molecule has 0 aromatic carbocycles. The van der Waals surface area contributed by atoms with Crippen LogP contribution in [0.2, 0.25) is 0 Å². The Morgan fingerprint density at radius 1 is 1.24 bits per heavy atom. The summed E-state index contributed by atoms with van der Waals surface area (Å²) >= 11 is 1.85. The zero-order chi connectivity index (χ0) is 15.2. The lowest BCUT2D eigenvalue weighted by atomic mass is 9.83. The number of hydrogen-bond acceptors (Lipinski definition) is 3. The van der Waals surface area contributed by atoms with Crippen molar-refractivity contribution in [2.45, 2.75) is 64.5 Å². The molecule has 0 spiro atoms. The monoisotopic (exact) mass is 312 g/mol. The van der Waals surface area contributed by atoms with E-state index in [9.17, 15) is 9.59 Å². The summed E-state index contributed by atoms with van der Waals surface area (Å²) < 4.78 is 0. The fraction of sp³-hybridized carbons (Fsp3) is 0.875. The Morgan fingerprint density at radius 3 is 2.62 bits per heavy atom. The van der Waals surface area contributed by atoms with Crippen LogP contribution in [0.1, 0.15) is 52.4 Å². The highest BCUT2D eigenvalue weighted by Crippen LogP contribution is 2.29. The van der Waals surface area contributed by atoms with Crippen molar-refractivity contribution in [2.24, 2.45) is 5.92 Å². The van der Waals surface area contributed by atoms with Crippen LogP contribution in [0.5, 0.6) is 0 Å². The van der Waals surface area contributed by atoms with Crippen molar-refractivity contribution in [3.63, 3.8) is 0 Å². The van der Waals surface area contributed by atoms with E-state index < -0.39 is 0 Å². The zero-order valence-corrected chi connectivity index (χ0v) is 14.1. The van der Waals surface area contributed by atoms with Gasteiger partial charge in [-0.15, -0.1) is 0 Å². The predicted molar refractivity (Wildman–Crippen MR) is 87.3 cm³/mol. The first-order valence-corrected chi connectivity index (χ1v) is 9.46. The summed E-state index contributed by atoms with van der Waals surface area (Å²) in [6, 6.07) is -0.266. The van der Waals surface area contributed by atoms with E-state index in [4.69, 9.17) is 0 Å². The first-order valence-electron chi connectivity index (χ1n) is 8.31. The summed E-state index contributed by atoms with van der Waals surface area (Å²) in [5.41, 5.74) is 0. The van der Waals surface area contributed by atoms with Crippen LogP contribution < -0.4 is 5.32 Å². The molecule has 5 heteroatoms. The first kappa shape index (κ1) is 16.7. The normalized spacial score (nSPS) is 28.4. The summed E-state index contributed by atoms with van der Waals surface area (Å²) in [6.45, 7) is 4.89. The molecule has 1 N–H and O–H groups in total. The SMILES string of the molecule is CCSCCN1C(=O)C(C2CCCCC2)NC(=O)CC1C. The van der Waals surface area contributed by atoms with Gasteiger partial charge in [-0.05, 0) is 31.4 Å². The second kappa shape index (κ2) is 8.06. The van der Waals surface area contributed by atoms with Crippen LogP contribution in [-0.2, 0) is 9.59 Å². The lowest BCUT2D eigenvalue weighted by Crippen LogP contribution is -2.51. The van der Waals surface area contributed by atoms with Gasteiger partial charge in [-0.1, -0.05) is 26.2 Å². The highest BCUT2D eigenvalue weighted by atomic mass is 32.2. The minimum atomic E-state index is -0.283. The lowest BCUT2D eigenvalue weighted by Gasteiger charge is -2.33. The molecular formula is C16H28N2O2S. The van der Waals surface area contributed by atoms with E-state index in [2.05, 4.69) is 12.2 Å². The van der Waals surface area contributed by atoms with Gasteiger partial charge in [0.15, 0.2) is 0 Å². The molecule has 2 atom stereocenters. The van der Waals surface area contributed by atoms with Crippen LogP contribution in [0.25, 0.3) is 0 Å². The third kappa shape index (κ3) is 4.38. The maximum Gasteiger partial charge on any atom is 0.245 e. The fourth-order valence-electron chi connectivity index (χ4n) is 3.49. The van der Waals surface area contributed by atoms with E-state index in [0.29, 0.717) is 12.3 Å². The molecule has 21 heavy (non-hydrogen) atoms. The maximum atomic E-state index is 12.9. The number of carbonyl (C=O) groups excluding carboxylic acids is 2. The molecule has 2 fully saturated rings. The average molecular weight is 312 g/mol. The van der Waals surface area contributed by atoms with Gasteiger partial charge in [-0.25, -0.2) is 0 Å². The smallest absolute Gasteiger partial charge is 0.245 e. The van der Waals surface area contributed by atoms with Crippen molar-refractivity contribution in [1.82, 2.24) is 10.2 Å². The molecule has 2 unspecified atom stereocenters. The van der Waals surface area contributed by atoms with Crippen LogP contribution in [0.4, 0.5) is 0 Å². The molecule has 1 saturated carbocycles. The van der Waals surface area contributed by atoms with Crippen molar-refractivity contribution in [3.05, 3.63) is 0 Å². The van der Waals surface area contributed by atoms with Crippen molar-refractivity contribution in [1.29, 1.82) is 0 Å². The highest BCUT2D eigenvalue weighted by Gasteiger charge is 2.38. The van der Waals surface area contributed by atoms with Crippen LogP contribution in [0.15, 0.2) is 0 Å². The number of nitrogens with one attached hydrogen (secondary N) is 1. The standard InChI is InChI=1S/C16H28N2O2S/c1-3-21-10-9-18-12(2)11-14(19)17-15(16(18)20)13-7-5-4-6-8-13/h12-13,15H,3-11H2,1-2H3,(H,17,19). The first-order chi connectivity index (χ1) is 10.1. The highest BCUT2D eigenvalue weighted by molar-refractivity contribution is 7.99. The van der Waals surface area contributed by atoms with E-state index in [1.807, 2.05) is 23.6 Å². The maximum absolute atomic E-state index is 12.9. The summed E-state index contributed by atoms with van der Waals surface area (Å²) in [7, 11) is 0. The number of hydrogen-bond donors (Lipinski definition) is 1. The van der Waals surface area contributed by atoms with Crippen LogP contribution in [0.3, 0.4) is 0 Å². The number of thioether (sulfide) groups is 1. The largest absolute Gasteiger partial charge is 0.344 e. The van der Waals surface area contributed by atoms with Gasteiger partial charge in [0, 0.05) is 24.8 Å². The van der Waals surface area contributed by atoms with Crippen LogP contribution >= 0.6 is 11.8 Å². The molecule has 2 aliphatic rings.